The molecule has 4 nitrogen and oxygen atoms in total. The van der Waals surface area contributed by atoms with Crippen molar-refractivity contribution in [1.29, 1.82) is 0 Å². The molecule has 78 valence electrons. The fraction of sp³-hybridized carbons (Fsp3) is 0.700. The van der Waals surface area contributed by atoms with Gasteiger partial charge in [0.1, 0.15) is 0 Å². The lowest BCUT2D eigenvalue weighted by atomic mass is 10.0. The van der Waals surface area contributed by atoms with Crippen molar-refractivity contribution in [1.82, 2.24) is 14.7 Å². The molecule has 1 aromatic heterocycles. The molecule has 0 saturated carbocycles. The summed E-state index contributed by atoms with van der Waals surface area (Å²) < 4.78 is 1.94. The Kier molecular flexibility index (Phi) is 2.84. The van der Waals surface area contributed by atoms with E-state index in [4.69, 9.17) is 5.11 Å². The average molecular weight is 195 g/mol. The molecule has 0 atom stereocenters. The zero-order chi connectivity index (χ0) is 9.97. The van der Waals surface area contributed by atoms with Crippen LogP contribution in [0, 0.1) is 5.92 Å². The molecule has 0 unspecified atom stereocenters. The number of hydrogen-bond acceptors (Lipinski definition) is 3. The molecule has 1 N–H and O–H groups in total. The SMILES string of the molecule is CCn1cc(CN2CC(CO)C2)cn1. The summed E-state index contributed by atoms with van der Waals surface area (Å²) in [4.78, 5) is 2.33. The summed E-state index contributed by atoms with van der Waals surface area (Å²) in [5, 5.41) is 13.1. The van der Waals surface area contributed by atoms with Crippen LogP contribution in [-0.2, 0) is 13.1 Å². The van der Waals surface area contributed by atoms with E-state index < -0.39 is 0 Å². The van der Waals surface area contributed by atoms with Crippen LogP contribution >= 0.6 is 0 Å². The summed E-state index contributed by atoms with van der Waals surface area (Å²) in [7, 11) is 0. The van der Waals surface area contributed by atoms with E-state index in [2.05, 4.69) is 23.1 Å². The second kappa shape index (κ2) is 4.11. The van der Waals surface area contributed by atoms with Crippen molar-refractivity contribution in [2.45, 2.75) is 20.0 Å². The molecule has 1 aliphatic rings. The van der Waals surface area contributed by atoms with Gasteiger partial charge in [0.15, 0.2) is 0 Å². The van der Waals surface area contributed by atoms with Gasteiger partial charge in [0.2, 0.25) is 0 Å². The van der Waals surface area contributed by atoms with Crippen LogP contribution in [0.2, 0.25) is 0 Å². The van der Waals surface area contributed by atoms with E-state index in [1.165, 1.54) is 5.56 Å². The van der Waals surface area contributed by atoms with Crippen molar-refractivity contribution < 1.29 is 5.11 Å². The van der Waals surface area contributed by atoms with E-state index in [1.807, 2.05) is 10.9 Å². The van der Waals surface area contributed by atoms with Gasteiger partial charge < -0.3 is 5.11 Å². The van der Waals surface area contributed by atoms with E-state index in [-0.39, 0.29) is 0 Å². The van der Waals surface area contributed by atoms with Gasteiger partial charge in [-0.15, -0.1) is 0 Å². The van der Waals surface area contributed by atoms with E-state index in [1.54, 1.807) is 0 Å². The molecule has 4 heteroatoms. The van der Waals surface area contributed by atoms with Crippen LogP contribution in [0.15, 0.2) is 12.4 Å². The minimum absolute atomic E-state index is 0.324. The second-order valence-corrected chi connectivity index (χ2v) is 3.95. The summed E-state index contributed by atoms with van der Waals surface area (Å²) in [6, 6.07) is 0. The van der Waals surface area contributed by atoms with Crippen LogP contribution in [-0.4, -0.2) is 39.5 Å². The molecule has 0 spiro atoms. The predicted octanol–water partition coefficient (Wildman–Crippen LogP) is 0.327. The minimum Gasteiger partial charge on any atom is -0.396 e. The minimum atomic E-state index is 0.324. The molecule has 2 heterocycles. The zero-order valence-corrected chi connectivity index (χ0v) is 8.56. The molecule has 0 aliphatic carbocycles. The number of nitrogens with zero attached hydrogens (tertiary/aromatic N) is 3. The highest BCUT2D eigenvalue weighted by Crippen LogP contribution is 2.17. The van der Waals surface area contributed by atoms with E-state index in [0.29, 0.717) is 12.5 Å². The monoisotopic (exact) mass is 195 g/mol. The Balaban J connectivity index is 1.81. The van der Waals surface area contributed by atoms with Gasteiger partial charge in [0, 0.05) is 50.5 Å². The summed E-state index contributed by atoms with van der Waals surface area (Å²) in [6.07, 6.45) is 4.02. The Hall–Kier alpha value is -0.870. The number of aliphatic hydroxyl groups excluding tert-OH is 1. The first kappa shape index (κ1) is 9.68. The molecular weight excluding hydrogens is 178 g/mol. The van der Waals surface area contributed by atoms with Gasteiger partial charge in [0.25, 0.3) is 0 Å². The van der Waals surface area contributed by atoms with Crippen molar-refractivity contribution in [3.8, 4) is 0 Å². The maximum atomic E-state index is 8.87. The van der Waals surface area contributed by atoms with Gasteiger partial charge in [-0.25, -0.2) is 0 Å². The van der Waals surface area contributed by atoms with Crippen LogP contribution in [0.5, 0.6) is 0 Å². The third-order valence-corrected chi connectivity index (χ3v) is 2.71. The largest absolute Gasteiger partial charge is 0.396 e. The quantitative estimate of drug-likeness (QED) is 0.752. The van der Waals surface area contributed by atoms with E-state index in [9.17, 15) is 0 Å². The Morgan fingerprint density at radius 2 is 2.36 bits per heavy atom. The first-order chi connectivity index (χ1) is 6.81. The van der Waals surface area contributed by atoms with Crippen LogP contribution < -0.4 is 0 Å². The fourth-order valence-corrected chi connectivity index (χ4v) is 1.84. The summed E-state index contributed by atoms with van der Waals surface area (Å²) in [6.45, 7) is 6.35. The number of hydrogen-bond donors (Lipinski definition) is 1. The molecule has 1 aromatic rings. The molecule has 0 bridgehead atoms. The maximum absolute atomic E-state index is 8.87. The third kappa shape index (κ3) is 1.96. The molecule has 2 rings (SSSR count). The first-order valence-electron chi connectivity index (χ1n) is 5.16. The van der Waals surface area contributed by atoms with Crippen molar-refractivity contribution in [3.63, 3.8) is 0 Å². The normalized spacial score (nSPS) is 18.4. The second-order valence-electron chi connectivity index (χ2n) is 3.95. The van der Waals surface area contributed by atoms with Crippen LogP contribution in [0.25, 0.3) is 0 Å². The van der Waals surface area contributed by atoms with Crippen LogP contribution in [0.1, 0.15) is 12.5 Å². The van der Waals surface area contributed by atoms with Crippen molar-refractivity contribution in [2.24, 2.45) is 5.92 Å². The average Bonchev–Trinajstić information content (AvgIpc) is 2.58. The van der Waals surface area contributed by atoms with E-state index >= 15 is 0 Å². The van der Waals surface area contributed by atoms with Gasteiger partial charge in [0.05, 0.1) is 6.20 Å². The first-order valence-corrected chi connectivity index (χ1v) is 5.16. The molecule has 0 radical (unpaired) electrons. The van der Waals surface area contributed by atoms with Gasteiger partial charge >= 0.3 is 0 Å². The standard InChI is InChI=1S/C10H17N3O/c1-2-13-7-9(3-11-13)4-12-5-10(6-12)8-14/h3,7,10,14H,2,4-6,8H2,1H3. The van der Waals surface area contributed by atoms with Gasteiger partial charge in [-0.1, -0.05) is 0 Å². The highest BCUT2D eigenvalue weighted by atomic mass is 16.3. The number of likely N-dealkylation sites (tertiary alicyclic amines) is 1. The fourth-order valence-electron chi connectivity index (χ4n) is 1.84. The van der Waals surface area contributed by atoms with Crippen LogP contribution in [0.3, 0.4) is 0 Å². The van der Waals surface area contributed by atoms with Crippen molar-refractivity contribution in [3.05, 3.63) is 18.0 Å². The highest BCUT2D eigenvalue weighted by molar-refractivity contribution is 5.04. The summed E-state index contributed by atoms with van der Waals surface area (Å²) >= 11 is 0. The van der Waals surface area contributed by atoms with Crippen LogP contribution in [0.4, 0.5) is 0 Å². The lowest BCUT2D eigenvalue weighted by molar-refractivity contribution is 0.0479. The molecule has 1 fully saturated rings. The lowest BCUT2D eigenvalue weighted by Gasteiger charge is -2.37. The Morgan fingerprint density at radius 3 is 2.93 bits per heavy atom. The highest BCUT2D eigenvalue weighted by Gasteiger charge is 2.25. The van der Waals surface area contributed by atoms with Crippen molar-refractivity contribution in [2.75, 3.05) is 19.7 Å². The van der Waals surface area contributed by atoms with Gasteiger partial charge in [-0.2, -0.15) is 5.10 Å². The topological polar surface area (TPSA) is 41.3 Å². The number of rotatable bonds is 4. The number of aryl methyl sites for hydroxylation is 1. The smallest absolute Gasteiger partial charge is 0.0534 e. The predicted molar refractivity (Wildman–Crippen MR) is 53.8 cm³/mol. The molecule has 0 aromatic carbocycles. The summed E-state index contributed by atoms with van der Waals surface area (Å²) in [5.74, 6) is 0.497. The Morgan fingerprint density at radius 1 is 1.57 bits per heavy atom. The van der Waals surface area contributed by atoms with Gasteiger partial charge in [-0.05, 0) is 6.92 Å². The Labute approximate surface area is 84.1 Å². The molecule has 1 saturated heterocycles. The number of aromatic nitrogens is 2. The molecule has 0 amide bonds. The summed E-state index contributed by atoms with van der Waals surface area (Å²) in [5.41, 5.74) is 1.27. The third-order valence-electron chi connectivity index (χ3n) is 2.71. The Bertz CT molecular complexity index is 291. The lowest BCUT2D eigenvalue weighted by Crippen LogP contribution is -2.47. The molecule has 14 heavy (non-hydrogen) atoms. The number of aliphatic hydroxyl groups is 1. The molecular formula is C10H17N3O. The van der Waals surface area contributed by atoms with Gasteiger partial charge in [-0.3, -0.25) is 9.58 Å². The molecule has 1 aliphatic heterocycles. The maximum Gasteiger partial charge on any atom is 0.0534 e. The van der Waals surface area contributed by atoms with Crippen molar-refractivity contribution >= 4 is 0 Å². The van der Waals surface area contributed by atoms with E-state index in [0.717, 1.165) is 26.2 Å². The zero-order valence-electron chi connectivity index (χ0n) is 8.56.